The van der Waals surface area contributed by atoms with E-state index in [-0.39, 0.29) is 6.03 Å². The molecule has 2 amide bonds. The average molecular weight is 287 g/mol. The highest BCUT2D eigenvalue weighted by Gasteiger charge is 2.02. The molecule has 1 heterocycles. The van der Waals surface area contributed by atoms with Gasteiger partial charge in [0.1, 0.15) is 12.7 Å². The minimum absolute atomic E-state index is 0.129. The summed E-state index contributed by atoms with van der Waals surface area (Å²) in [6.07, 6.45) is 3.21. The summed E-state index contributed by atoms with van der Waals surface area (Å²) in [5, 5.41) is 9.73. The Labute approximate surface area is 124 Å². The first kappa shape index (κ1) is 15.0. The van der Waals surface area contributed by atoms with Crippen LogP contribution in [-0.4, -0.2) is 27.3 Å². The second-order valence-corrected chi connectivity index (χ2v) is 5.37. The molecule has 0 saturated heterocycles. The van der Waals surface area contributed by atoms with Gasteiger partial charge in [-0.1, -0.05) is 38.1 Å². The van der Waals surface area contributed by atoms with Crippen molar-refractivity contribution in [3.63, 3.8) is 0 Å². The maximum atomic E-state index is 11.6. The van der Waals surface area contributed by atoms with E-state index in [2.05, 4.69) is 34.6 Å². The molecule has 1 aromatic heterocycles. The fourth-order valence-corrected chi connectivity index (χ4v) is 1.81. The van der Waals surface area contributed by atoms with Crippen LogP contribution >= 0.6 is 0 Å². The second-order valence-electron chi connectivity index (χ2n) is 5.37. The summed E-state index contributed by atoms with van der Waals surface area (Å²) in [6.45, 7) is 6.03. The van der Waals surface area contributed by atoms with Gasteiger partial charge in [-0.05, 0) is 17.0 Å². The summed E-state index contributed by atoms with van der Waals surface area (Å²) >= 11 is 0. The Bertz CT molecular complexity index is 548. The van der Waals surface area contributed by atoms with E-state index in [4.69, 9.17) is 0 Å². The van der Waals surface area contributed by atoms with E-state index in [9.17, 15) is 4.79 Å². The van der Waals surface area contributed by atoms with Crippen molar-refractivity contribution in [3.05, 3.63) is 48.0 Å². The van der Waals surface area contributed by atoms with Gasteiger partial charge in [0, 0.05) is 13.1 Å². The van der Waals surface area contributed by atoms with Gasteiger partial charge in [0.2, 0.25) is 0 Å². The molecule has 0 aliphatic rings. The third-order valence-corrected chi connectivity index (χ3v) is 2.96. The zero-order valence-corrected chi connectivity index (χ0v) is 12.4. The molecular formula is C15H21N5O. The molecule has 1 aromatic carbocycles. The lowest BCUT2D eigenvalue weighted by Crippen LogP contribution is -2.36. The summed E-state index contributed by atoms with van der Waals surface area (Å²) in [6, 6.07) is 7.95. The van der Waals surface area contributed by atoms with E-state index in [1.54, 1.807) is 11.0 Å². The lowest BCUT2D eigenvalue weighted by molar-refractivity contribution is 0.239. The molecule has 112 valence electrons. The third kappa shape index (κ3) is 5.25. The molecule has 6 heteroatoms. The highest BCUT2D eigenvalue weighted by Crippen LogP contribution is 2.05. The van der Waals surface area contributed by atoms with Gasteiger partial charge < -0.3 is 10.6 Å². The van der Waals surface area contributed by atoms with Gasteiger partial charge in [-0.3, -0.25) is 0 Å². The Morgan fingerprint density at radius 2 is 1.90 bits per heavy atom. The molecular weight excluding hydrogens is 266 g/mol. The first-order chi connectivity index (χ1) is 10.1. The van der Waals surface area contributed by atoms with Crippen LogP contribution in [0.25, 0.3) is 0 Å². The zero-order chi connectivity index (χ0) is 15.1. The van der Waals surface area contributed by atoms with Crippen molar-refractivity contribution < 1.29 is 4.79 Å². The first-order valence-corrected chi connectivity index (χ1v) is 7.05. The number of carbonyl (C=O) groups excluding carboxylic acids is 1. The van der Waals surface area contributed by atoms with Gasteiger partial charge in [0.15, 0.2) is 0 Å². The van der Waals surface area contributed by atoms with Gasteiger partial charge in [-0.2, -0.15) is 5.10 Å². The number of hydrogen-bond donors (Lipinski definition) is 2. The monoisotopic (exact) mass is 287 g/mol. The molecule has 0 fully saturated rings. The van der Waals surface area contributed by atoms with E-state index in [1.807, 2.05) is 24.3 Å². The van der Waals surface area contributed by atoms with Crippen molar-refractivity contribution in [2.45, 2.75) is 26.9 Å². The van der Waals surface area contributed by atoms with E-state index in [0.29, 0.717) is 25.6 Å². The van der Waals surface area contributed by atoms with E-state index in [0.717, 1.165) is 11.1 Å². The Morgan fingerprint density at radius 1 is 1.19 bits per heavy atom. The second kappa shape index (κ2) is 7.42. The molecule has 0 spiro atoms. The highest BCUT2D eigenvalue weighted by molar-refractivity contribution is 5.73. The summed E-state index contributed by atoms with van der Waals surface area (Å²) in [4.78, 5) is 15.5. The lowest BCUT2D eigenvalue weighted by atomic mass is 10.1. The number of amides is 2. The van der Waals surface area contributed by atoms with Crippen LogP contribution in [-0.2, 0) is 13.1 Å². The number of carbonyl (C=O) groups is 1. The summed E-state index contributed by atoms with van der Waals surface area (Å²) in [7, 11) is 0. The van der Waals surface area contributed by atoms with Crippen molar-refractivity contribution in [3.8, 4) is 0 Å². The number of urea groups is 1. The number of nitrogens with zero attached hydrogens (tertiary/aromatic N) is 3. The van der Waals surface area contributed by atoms with Gasteiger partial charge in [0.05, 0.1) is 6.54 Å². The Balaban J connectivity index is 1.78. The summed E-state index contributed by atoms with van der Waals surface area (Å²) < 4.78 is 1.77. The van der Waals surface area contributed by atoms with Gasteiger partial charge in [-0.25, -0.2) is 14.5 Å². The zero-order valence-electron chi connectivity index (χ0n) is 12.4. The number of benzene rings is 1. The Kier molecular flexibility index (Phi) is 5.31. The minimum atomic E-state index is -0.129. The van der Waals surface area contributed by atoms with Gasteiger partial charge in [0.25, 0.3) is 0 Å². The van der Waals surface area contributed by atoms with Gasteiger partial charge >= 0.3 is 6.03 Å². The van der Waals surface area contributed by atoms with Crippen molar-refractivity contribution >= 4 is 6.03 Å². The molecule has 0 aliphatic carbocycles. The number of aromatic nitrogens is 3. The number of rotatable bonds is 6. The summed E-state index contributed by atoms with van der Waals surface area (Å²) in [5.41, 5.74) is 2.21. The van der Waals surface area contributed by atoms with Crippen molar-refractivity contribution in [2.24, 2.45) is 5.92 Å². The normalized spacial score (nSPS) is 10.6. The molecule has 0 bridgehead atoms. The lowest BCUT2D eigenvalue weighted by Gasteiger charge is -2.10. The third-order valence-electron chi connectivity index (χ3n) is 2.96. The SMILES string of the molecule is CC(C)CNC(=O)NCc1ccc(Cn2cncn2)cc1. The molecule has 0 aliphatic heterocycles. The molecule has 2 rings (SSSR count). The quantitative estimate of drug-likeness (QED) is 0.850. The Morgan fingerprint density at radius 3 is 2.52 bits per heavy atom. The highest BCUT2D eigenvalue weighted by atomic mass is 16.2. The predicted molar refractivity (Wildman–Crippen MR) is 80.6 cm³/mol. The van der Waals surface area contributed by atoms with E-state index < -0.39 is 0 Å². The Hall–Kier alpha value is -2.37. The van der Waals surface area contributed by atoms with Crippen LogP contribution in [0.3, 0.4) is 0 Å². The van der Waals surface area contributed by atoms with E-state index in [1.165, 1.54) is 6.33 Å². The fraction of sp³-hybridized carbons (Fsp3) is 0.400. The molecule has 2 aromatic rings. The molecule has 0 unspecified atom stereocenters. The molecule has 21 heavy (non-hydrogen) atoms. The molecule has 6 nitrogen and oxygen atoms in total. The van der Waals surface area contributed by atoms with Crippen molar-refractivity contribution in [1.29, 1.82) is 0 Å². The van der Waals surface area contributed by atoms with Crippen LogP contribution in [0.1, 0.15) is 25.0 Å². The standard InChI is InChI=1S/C15H21N5O/c1-12(2)7-17-15(21)18-8-13-3-5-14(6-4-13)9-20-11-16-10-19-20/h3-6,10-12H,7-9H2,1-2H3,(H2,17,18,21). The molecule has 0 radical (unpaired) electrons. The average Bonchev–Trinajstić information content (AvgIpc) is 2.97. The largest absolute Gasteiger partial charge is 0.338 e. The van der Waals surface area contributed by atoms with Crippen LogP contribution in [0.2, 0.25) is 0 Å². The van der Waals surface area contributed by atoms with Crippen molar-refractivity contribution in [1.82, 2.24) is 25.4 Å². The minimum Gasteiger partial charge on any atom is -0.338 e. The van der Waals surface area contributed by atoms with Crippen molar-refractivity contribution in [2.75, 3.05) is 6.54 Å². The fourth-order valence-electron chi connectivity index (χ4n) is 1.81. The first-order valence-electron chi connectivity index (χ1n) is 7.05. The topological polar surface area (TPSA) is 71.8 Å². The molecule has 0 atom stereocenters. The predicted octanol–water partition coefficient (Wildman–Crippen LogP) is 1.78. The maximum absolute atomic E-state index is 11.6. The van der Waals surface area contributed by atoms with Crippen LogP contribution < -0.4 is 10.6 Å². The maximum Gasteiger partial charge on any atom is 0.315 e. The smallest absolute Gasteiger partial charge is 0.315 e. The molecule has 0 saturated carbocycles. The van der Waals surface area contributed by atoms with Crippen LogP contribution in [0.4, 0.5) is 4.79 Å². The summed E-state index contributed by atoms with van der Waals surface area (Å²) in [5.74, 6) is 0.451. The van der Waals surface area contributed by atoms with Gasteiger partial charge in [-0.15, -0.1) is 0 Å². The number of hydrogen-bond acceptors (Lipinski definition) is 3. The van der Waals surface area contributed by atoms with Crippen LogP contribution in [0, 0.1) is 5.92 Å². The molecule has 2 N–H and O–H groups in total. The van der Waals surface area contributed by atoms with Crippen LogP contribution in [0.5, 0.6) is 0 Å². The number of nitrogens with one attached hydrogen (secondary N) is 2. The van der Waals surface area contributed by atoms with E-state index >= 15 is 0 Å². The van der Waals surface area contributed by atoms with Crippen LogP contribution in [0.15, 0.2) is 36.9 Å².